The number of nitrogens with one attached hydrogen (secondary N) is 2. The maximum atomic E-state index is 5.87. The number of benzene rings is 1. The minimum Gasteiger partial charge on any atom is -0.367 e. The fraction of sp³-hybridized carbons (Fsp3) is 0.333. The van der Waals surface area contributed by atoms with Gasteiger partial charge in [0.2, 0.25) is 5.95 Å². The van der Waals surface area contributed by atoms with Gasteiger partial charge in [-0.3, -0.25) is 0 Å². The van der Waals surface area contributed by atoms with Crippen LogP contribution in [0.1, 0.15) is 25.7 Å². The summed E-state index contributed by atoms with van der Waals surface area (Å²) in [6, 6.07) is 9.94. The Balaban J connectivity index is 1.68. The Morgan fingerprint density at radius 3 is 2.55 bits per heavy atom. The molecule has 1 fully saturated rings. The molecule has 0 spiro atoms. The second kappa shape index (κ2) is 6.09. The van der Waals surface area contributed by atoms with Gasteiger partial charge in [-0.25, -0.2) is 4.98 Å². The summed E-state index contributed by atoms with van der Waals surface area (Å²) in [4.78, 5) is 8.72. The zero-order valence-corrected chi connectivity index (χ0v) is 11.9. The highest BCUT2D eigenvalue weighted by molar-refractivity contribution is 6.30. The molecule has 0 bridgehead atoms. The lowest BCUT2D eigenvalue weighted by Gasteiger charge is -2.13. The summed E-state index contributed by atoms with van der Waals surface area (Å²) in [5.74, 6) is 1.47. The van der Waals surface area contributed by atoms with Crippen molar-refractivity contribution in [2.75, 3.05) is 10.6 Å². The summed E-state index contributed by atoms with van der Waals surface area (Å²) in [5.41, 5.74) is 0.924. The van der Waals surface area contributed by atoms with Gasteiger partial charge < -0.3 is 10.6 Å². The molecule has 0 unspecified atom stereocenters. The third-order valence-corrected chi connectivity index (χ3v) is 3.72. The lowest BCUT2D eigenvalue weighted by molar-refractivity contribution is 0.750. The molecule has 4 nitrogen and oxygen atoms in total. The van der Waals surface area contributed by atoms with E-state index in [-0.39, 0.29) is 0 Å². The number of nitrogens with zero attached hydrogens (tertiary/aromatic N) is 2. The van der Waals surface area contributed by atoms with Gasteiger partial charge in [-0.15, -0.1) is 0 Å². The first-order valence-electron chi connectivity index (χ1n) is 6.92. The van der Waals surface area contributed by atoms with Gasteiger partial charge in [0.1, 0.15) is 5.82 Å². The molecular formula is C15H17ClN4. The highest BCUT2D eigenvalue weighted by Crippen LogP contribution is 2.22. The average Bonchev–Trinajstić information content (AvgIpc) is 2.95. The summed E-state index contributed by atoms with van der Waals surface area (Å²) in [5, 5.41) is 7.36. The normalized spacial score (nSPS) is 15.2. The number of halogens is 1. The van der Waals surface area contributed by atoms with Crippen LogP contribution >= 0.6 is 11.6 Å². The third kappa shape index (κ3) is 3.39. The molecule has 1 aromatic carbocycles. The van der Waals surface area contributed by atoms with Crippen molar-refractivity contribution >= 4 is 29.1 Å². The Labute approximate surface area is 123 Å². The highest BCUT2D eigenvalue weighted by atomic mass is 35.5. The van der Waals surface area contributed by atoms with Crippen LogP contribution in [0.3, 0.4) is 0 Å². The van der Waals surface area contributed by atoms with Crippen molar-refractivity contribution < 1.29 is 0 Å². The van der Waals surface area contributed by atoms with Crippen LogP contribution in [0.15, 0.2) is 36.5 Å². The van der Waals surface area contributed by atoms with E-state index >= 15 is 0 Å². The summed E-state index contributed by atoms with van der Waals surface area (Å²) in [7, 11) is 0. The van der Waals surface area contributed by atoms with E-state index in [9.17, 15) is 0 Å². The summed E-state index contributed by atoms with van der Waals surface area (Å²) < 4.78 is 0. The maximum absolute atomic E-state index is 5.87. The molecule has 1 aliphatic carbocycles. The summed E-state index contributed by atoms with van der Waals surface area (Å²) >= 11 is 5.87. The van der Waals surface area contributed by atoms with Crippen LogP contribution in [-0.4, -0.2) is 16.0 Å². The van der Waals surface area contributed by atoms with E-state index in [2.05, 4.69) is 20.6 Å². The highest BCUT2D eigenvalue weighted by Gasteiger charge is 2.15. The van der Waals surface area contributed by atoms with Gasteiger partial charge in [-0.05, 0) is 43.2 Å². The Hall–Kier alpha value is -1.81. The van der Waals surface area contributed by atoms with E-state index in [1.807, 2.05) is 30.3 Å². The topological polar surface area (TPSA) is 49.8 Å². The Morgan fingerprint density at radius 1 is 1.05 bits per heavy atom. The molecule has 2 N–H and O–H groups in total. The van der Waals surface area contributed by atoms with Crippen LogP contribution in [0.25, 0.3) is 0 Å². The molecule has 104 valence electrons. The second-order valence-electron chi connectivity index (χ2n) is 5.02. The predicted molar refractivity (Wildman–Crippen MR) is 82.6 cm³/mol. The van der Waals surface area contributed by atoms with Gasteiger partial charge >= 0.3 is 0 Å². The zero-order chi connectivity index (χ0) is 13.8. The molecule has 0 amide bonds. The lowest BCUT2D eigenvalue weighted by Crippen LogP contribution is -2.15. The molecule has 1 saturated carbocycles. The van der Waals surface area contributed by atoms with Gasteiger partial charge in [0, 0.05) is 22.9 Å². The van der Waals surface area contributed by atoms with Gasteiger partial charge in [-0.2, -0.15) is 4.98 Å². The fourth-order valence-corrected chi connectivity index (χ4v) is 2.57. The van der Waals surface area contributed by atoms with Gasteiger partial charge in [-0.1, -0.05) is 24.4 Å². The van der Waals surface area contributed by atoms with Crippen LogP contribution < -0.4 is 10.6 Å². The number of anilines is 3. The predicted octanol–water partition coefficient (Wildman–Crippen LogP) is 4.23. The molecule has 1 aromatic heterocycles. The van der Waals surface area contributed by atoms with Crippen molar-refractivity contribution in [2.24, 2.45) is 0 Å². The van der Waals surface area contributed by atoms with Crippen LogP contribution in [0.5, 0.6) is 0 Å². The molecule has 5 heteroatoms. The molecule has 0 radical (unpaired) electrons. The van der Waals surface area contributed by atoms with Gasteiger partial charge in [0.15, 0.2) is 0 Å². The van der Waals surface area contributed by atoms with Crippen LogP contribution in [0.2, 0.25) is 5.02 Å². The van der Waals surface area contributed by atoms with E-state index in [1.54, 1.807) is 6.20 Å². The molecule has 1 aliphatic rings. The van der Waals surface area contributed by atoms with E-state index in [4.69, 9.17) is 11.6 Å². The van der Waals surface area contributed by atoms with E-state index in [0.29, 0.717) is 17.0 Å². The van der Waals surface area contributed by atoms with Crippen LogP contribution in [0, 0.1) is 0 Å². The number of hydrogen-bond acceptors (Lipinski definition) is 4. The van der Waals surface area contributed by atoms with E-state index in [1.165, 1.54) is 25.7 Å². The Bertz CT molecular complexity index is 564. The van der Waals surface area contributed by atoms with Crippen molar-refractivity contribution in [2.45, 2.75) is 31.7 Å². The van der Waals surface area contributed by atoms with Gasteiger partial charge in [0.05, 0.1) is 0 Å². The van der Waals surface area contributed by atoms with Crippen molar-refractivity contribution in [1.29, 1.82) is 0 Å². The monoisotopic (exact) mass is 288 g/mol. The number of hydrogen-bond donors (Lipinski definition) is 2. The quantitative estimate of drug-likeness (QED) is 0.884. The minimum atomic E-state index is 0.549. The van der Waals surface area contributed by atoms with E-state index in [0.717, 1.165) is 11.5 Å². The minimum absolute atomic E-state index is 0.549. The summed E-state index contributed by atoms with van der Waals surface area (Å²) in [6.45, 7) is 0. The SMILES string of the molecule is Clc1ccc(Nc2nccc(NC3CCCC3)n2)cc1. The molecule has 0 saturated heterocycles. The molecule has 20 heavy (non-hydrogen) atoms. The van der Waals surface area contributed by atoms with Crippen molar-refractivity contribution in [1.82, 2.24) is 9.97 Å². The first kappa shape index (κ1) is 13.2. The molecule has 0 atom stereocenters. The molecule has 0 aliphatic heterocycles. The fourth-order valence-electron chi connectivity index (χ4n) is 2.44. The number of rotatable bonds is 4. The van der Waals surface area contributed by atoms with Crippen molar-refractivity contribution in [3.63, 3.8) is 0 Å². The van der Waals surface area contributed by atoms with Gasteiger partial charge in [0.25, 0.3) is 0 Å². The summed E-state index contributed by atoms with van der Waals surface area (Å²) in [6.07, 6.45) is 6.83. The van der Waals surface area contributed by atoms with Crippen molar-refractivity contribution in [3.8, 4) is 0 Å². The lowest BCUT2D eigenvalue weighted by atomic mass is 10.2. The standard InChI is InChI=1S/C15H17ClN4/c16-11-5-7-13(8-6-11)19-15-17-10-9-14(20-15)18-12-3-1-2-4-12/h5-10,12H,1-4H2,(H2,17,18,19,20). The van der Waals surface area contributed by atoms with Crippen molar-refractivity contribution in [3.05, 3.63) is 41.6 Å². The molecule has 1 heterocycles. The van der Waals surface area contributed by atoms with Crippen LogP contribution in [-0.2, 0) is 0 Å². The first-order chi connectivity index (χ1) is 9.79. The molecular weight excluding hydrogens is 272 g/mol. The Kier molecular flexibility index (Phi) is 4.02. The maximum Gasteiger partial charge on any atom is 0.229 e. The zero-order valence-electron chi connectivity index (χ0n) is 11.1. The first-order valence-corrected chi connectivity index (χ1v) is 7.29. The third-order valence-electron chi connectivity index (χ3n) is 3.46. The number of aromatic nitrogens is 2. The molecule has 2 aromatic rings. The second-order valence-corrected chi connectivity index (χ2v) is 5.46. The van der Waals surface area contributed by atoms with Crippen LogP contribution in [0.4, 0.5) is 17.5 Å². The molecule has 3 rings (SSSR count). The Morgan fingerprint density at radius 2 is 1.80 bits per heavy atom. The smallest absolute Gasteiger partial charge is 0.229 e. The van der Waals surface area contributed by atoms with E-state index < -0.39 is 0 Å². The average molecular weight is 289 g/mol. The largest absolute Gasteiger partial charge is 0.367 e.